The van der Waals surface area contributed by atoms with Gasteiger partial charge in [-0.15, -0.1) is 0 Å². The maximum Gasteiger partial charge on any atom is 0.342 e. The van der Waals surface area contributed by atoms with Crippen molar-refractivity contribution < 1.29 is 24.7 Å². The summed E-state index contributed by atoms with van der Waals surface area (Å²) in [5.41, 5.74) is 1.02. The highest BCUT2D eigenvalue weighted by atomic mass is 32.2. The number of nitrogens with zero attached hydrogens (tertiary/aromatic N) is 2. The van der Waals surface area contributed by atoms with E-state index in [1.807, 2.05) is 6.07 Å². The molecule has 0 aliphatic rings. The van der Waals surface area contributed by atoms with Crippen LogP contribution in [0, 0.1) is 10.1 Å². The van der Waals surface area contributed by atoms with Crippen molar-refractivity contribution in [3.8, 4) is 11.5 Å². The zero-order valence-electron chi connectivity index (χ0n) is 13.9. The molecule has 1 aromatic heterocycles. The number of nitro groups is 1. The van der Waals surface area contributed by atoms with Crippen molar-refractivity contribution in [3.05, 3.63) is 57.0 Å². The Bertz CT molecular complexity index is 1040. The molecule has 27 heavy (non-hydrogen) atoms. The van der Waals surface area contributed by atoms with Gasteiger partial charge in [-0.1, -0.05) is 12.1 Å². The lowest BCUT2D eigenvalue weighted by Crippen LogP contribution is -1.98. The first-order valence-corrected chi connectivity index (χ1v) is 8.33. The van der Waals surface area contributed by atoms with E-state index in [-0.39, 0.29) is 21.9 Å². The maximum absolute atomic E-state index is 11.6. The molecule has 0 radical (unpaired) electrons. The Morgan fingerprint density at radius 2 is 2.11 bits per heavy atom. The van der Waals surface area contributed by atoms with Gasteiger partial charge in [0.15, 0.2) is 16.7 Å². The second-order valence-corrected chi connectivity index (χ2v) is 6.35. The number of aromatic amines is 1. The Labute approximate surface area is 156 Å². The van der Waals surface area contributed by atoms with Gasteiger partial charge in [-0.25, -0.2) is 9.78 Å². The molecule has 0 unspecified atom stereocenters. The number of hydrogen-bond acceptors (Lipinski definition) is 7. The molecule has 9 nitrogen and oxygen atoms in total. The third-order valence-corrected chi connectivity index (χ3v) is 4.49. The minimum atomic E-state index is -1.27. The number of ether oxygens (including phenoxy) is 1. The van der Waals surface area contributed by atoms with E-state index in [9.17, 15) is 25.1 Å². The Balaban J connectivity index is 2.04. The summed E-state index contributed by atoms with van der Waals surface area (Å²) >= 11 is 0.827. The lowest BCUT2D eigenvalue weighted by molar-refractivity contribution is -0.385. The molecule has 0 atom stereocenters. The maximum atomic E-state index is 11.6. The lowest BCUT2D eigenvalue weighted by atomic mass is 10.1. The van der Waals surface area contributed by atoms with E-state index in [0.717, 1.165) is 35.5 Å². The summed E-state index contributed by atoms with van der Waals surface area (Å²) in [6.07, 6.45) is 1.13. The van der Waals surface area contributed by atoms with Crippen LogP contribution in [-0.2, 0) is 4.79 Å². The van der Waals surface area contributed by atoms with E-state index in [1.165, 1.54) is 7.11 Å². The molecule has 0 aliphatic heterocycles. The molecule has 3 rings (SSSR count). The molecular formula is C17H13N3O6S. The highest BCUT2D eigenvalue weighted by molar-refractivity contribution is 8.04. The number of aromatic nitrogens is 2. The number of benzene rings is 2. The van der Waals surface area contributed by atoms with Crippen LogP contribution in [0.3, 0.4) is 0 Å². The van der Waals surface area contributed by atoms with Crippen LogP contribution in [0.4, 0.5) is 5.69 Å². The largest absolute Gasteiger partial charge is 0.504 e. The highest BCUT2D eigenvalue weighted by Gasteiger charge is 2.19. The molecule has 0 fully saturated rings. The molecule has 0 amide bonds. The third kappa shape index (κ3) is 3.85. The first-order valence-electron chi connectivity index (χ1n) is 7.52. The number of thioether (sulfide) groups is 1. The average Bonchev–Trinajstić information content (AvgIpc) is 3.04. The zero-order valence-corrected chi connectivity index (χ0v) is 14.7. The van der Waals surface area contributed by atoms with Gasteiger partial charge in [-0.05, 0) is 30.0 Å². The van der Waals surface area contributed by atoms with Crippen molar-refractivity contribution >= 4 is 40.5 Å². The number of carboxylic acid groups (broad SMARTS) is 1. The van der Waals surface area contributed by atoms with Gasteiger partial charge in [0.1, 0.15) is 4.91 Å². The predicted molar refractivity (Wildman–Crippen MR) is 98.9 cm³/mol. The van der Waals surface area contributed by atoms with E-state index in [0.29, 0.717) is 10.7 Å². The van der Waals surface area contributed by atoms with Crippen molar-refractivity contribution in [1.82, 2.24) is 9.97 Å². The Morgan fingerprint density at radius 1 is 1.37 bits per heavy atom. The van der Waals surface area contributed by atoms with Crippen LogP contribution in [-0.4, -0.2) is 38.2 Å². The van der Waals surface area contributed by atoms with Gasteiger partial charge < -0.3 is 19.9 Å². The van der Waals surface area contributed by atoms with Crippen LogP contribution >= 0.6 is 11.8 Å². The van der Waals surface area contributed by atoms with Crippen molar-refractivity contribution in [2.75, 3.05) is 7.11 Å². The second-order valence-electron chi connectivity index (χ2n) is 5.32. The van der Waals surface area contributed by atoms with Crippen molar-refractivity contribution in [2.24, 2.45) is 0 Å². The summed E-state index contributed by atoms with van der Waals surface area (Å²) in [5.74, 6) is -1.80. The predicted octanol–water partition coefficient (Wildman–Crippen LogP) is 3.40. The van der Waals surface area contributed by atoms with Crippen molar-refractivity contribution in [3.63, 3.8) is 0 Å². The number of aromatic hydroxyl groups is 1. The summed E-state index contributed by atoms with van der Waals surface area (Å²) in [6, 6.07) is 9.32. The number of para-hydroxylation sites is 2. The zero-order chi connectivity index (χ0) is 19.6. The van der Waals surface area contributed by atoms with Crippen LogP contribution in [0.2, 0.25) is 0 Å². The Kier molecular flexibility index (Phi) is 4.99. The van der Waals surface area contributed by atoms with Crippen LogP contribution in [0.5, 0.6) is 11.5 Å². The lowest BCUT2D eigenvalue weighted by Gasteiger charge is -2.07. The second kappa shape index (κ2) is 7.38. The average molecular weight is 387 g/mol. The summed E-state index contributed by atoms with van der Waals surface area (Å²) in [4.78, 5) is 29.1. The number of phenolic OH excluding ortho intramolecular Hbond substituents is 1. The van der Waals surface area contributed by atoms with Gasteiger partial charge in [0.25, 0.3) is 5.69 Å². The van der Waals surface area contributed by atoms with Crippen LogP contribution in [0.1, 0.15) is 5.56 Å². The van der Waals surface area contributed by atoms with Crippen LogP contribution in [0.25, 0.3) is 17.1 Å². The van der Waals surface area contributed by atoms with Crippen LogP contribution < -0.4 is 4.74 Å². The molecule has 0 saturated heterocycles. The van der Waals surface area contributed by atoms with E-state index in [4.69, 9.17) is 4.74 Å². The normalized spacial score (nSPS) is 11.5. The molecular weight excluding hydrogens is 374 g/mol. The van der Waals surface area contributed by atoms with Gasteiger partial charge in [0.05, 0.1) is 29.1 Å². The van der Waals surface area contributed by atoms with Gasteiger partial charge in [-0.2, -0.15) is 0 Å². The SMILES string of the molecule is COc1cc([N+](=O)[O-])cc(/C=C(/Sc2nc3ccccc3[nH]2)C(=O)O)c1O. The van der Waals surface area contributed by atoms with E-state index in [2.05, 4.69) is 9.97 Å². The molecule has 0 saturated carbocycles. The number of imidazole rings is 1. The number of H-pyrrole nitrogens is 1. The number of non-ortho nitro benzene ring substituents is 1. The van der Waals surface area contributed by atoms with Crippen molar-refractivity contribution in [2.45, 2.75) is 5.16 Å². The molecule has 2 aromatic carbocycles. The molecule has 0 bridgehead atoms. The molecule has 3 aromatic rings. The number of nitrogens with one attached hydrogen (secondary N) is 1. The van der Waals surface area contributed by atoms with E-state index in [1.54, 1.807) is 18.2 Å². The number of carbonyl (C=O) groups is 1. The van der Waals surface area contributed by atoms with E-state index >= 15 is 0 Å². The fraction of sp³-hybridized carbons (Fsp3) is 0.0588. The van der Waals surface area contributed by atoms with Crippen LogP contribution in [0.15, 0.2) is 46.5 Å². The van der Waals surface area contributed by atoms with Gasteiger partial charge >= 0.3 is 5.97 Å². The monoisotopic (exact) mass is 387 g/mol. The summed E-state index contributed by atoms with van der Waals surface area (Å²) in [6.45, 7) is 0. The number of methoxy groups -OCH3 is 1. The van der Waals surface area contributed by atoms with E-state index < -0.39 is 16.6 Å². The number of aliphatic carboxylic acids is 1. The highest BCUT2D eigenvalue weighted by Crippen LogP contribution is 2.37. The molecule has 3 N–H and O–H groups in total. The summed E-state index contributed by atoms with van der Waals surface area (Å²) in [7, 11) is 1.24. The Morgan fingerprint density at radius 3 is 2.74 bits per heavy atom. The first kappa shape index (κ1) is 18.3. The molecule has 0 spiro atoms. The van der Waals surface area contributed by atoms with Gasteiger partial charge in [-0.3, -0.25) is 10.1 Å². The summed E-state index contributed by atoms with van der Waals surface area (Å²) in [5, 5.41) is 31.1. The quantitative estimate of drug-likeness (QED) is 0.253. The molecule has 0 aliphatic carbocycles. The third-order valence-electron chi connectivity index (χ3n) is 3.59. The van der Waals surface area contributed by atoms with Gasteiger partial charge in [0, 0.05) is 11.6 Å². The standard InChI is InChI=1S/C17H13N3O6S/c1-26-13-8-10(20(24)25)6-9(15(13)21)7-14(16(22)23)27-17-18-11-4-2-3-5-12(11)19-17/h2-8,21H,1H3,(H,18,19)(H,22,23)/b14-7+. The number of phenols is 1. The topological polar surface area (TPSA) is 139 Å². The summed E-state index contributed by atoms with van der Waals surface area (Å²) < 4.78 is 4.92. The Hall–Kier alpha value is -3.53. The fourth-order valence-corrected chi connectivity index (χ4v) is 3.13. The van der Waals surface area contributed by atoms with Crippen molar-refractivity contribution in [1.29, 1.82) is 0 Å². The first-order chi connectivity index (χ1) is 12.9. The number of nitro benzene ring substituents is 1. The molecule has 10 heteroatoms. The number of fused-ring (bicyclic) bond motifs is 1. The number of hydrogen-bond donors (Lipinski definition) is 3. The molecule has 138 valence electrons. The minimum Gasteiger partial charge on any atom is -0.504 e. The smallest absolute Gasteiger partial charge is 0.342 e. The number of carboxylic acids is 1. The fourth-order valence-electron chi connectivity index (χ4n) is 2.34. The number of rotatable bonds is 6. The van der Waals surface area contributed by atoms with Gasteiger partial charge in [0.2, 0.25) is 0 Å². The molecule has 1 heterocycles. The minimum absolute atomic E-state index is 0.0536.